The van der Waals surface area contributed by atoms with Crippen LogP contribution in [0.15, 0.2) is 6.20 Å². The van der Waals surface area contributed by atoms with E-state index in [-0.39, 0.29) is 12.5 Å². The molecule has 0 fully saturated rings. The molecule has 14 heavy (non-hydrogen) atoms. The van der Waals surface area contributed by atoms with E-state index >= 15 is 0 Å². The second kappa shape index (κ2) is 3.77. The number of nitrogens with one attached hydrogen (secondary N) is 1. The number of hydrogen-bond donors (Lipinski definition) is 2. The van der Waals surface area contributed by atoms with Crippen LogP contribution in [0.25, 0.3) is 12.3 Å². The highest BCUT2D eigenvalue weighted by molar-refractivity contribution is 7.03. The van der Waals surface area contributed by atoms with Crippen molar-refractivity contribution in [3.8, 4) is 0 Å². The average molecular weight is 210 g/mol. The molecule has 1 aliphatic rings. The smallest absolute Gasteiger partial charge is 0.253 e. The summed E-state index contributed by atoms with van der Waals surface area (Å²) in [5, 5.41) is 1.06. The van der Waals surface area contributed by atoms with Crippen molar-refractivity contribution in [3.05, 3.63) is 15.9 Å². The van der Waals surface area contributed by atoms with Crippen molar-refractivity contribution in [2.24, 2.45) is 5.84 Å². The summed E-state index contributed by atoms with van der Waals surface area (Å²) in [7, 11) is 0. The zero-order valence-electron chi connectivity index (χ0n) is 7.43. The molecule has 0 bridgehead atoms. The van der Waals surface area contributed by atoms with Gasteiger partial charge in [0.05, 0.1) is 11.1 Å². The minimum absolute atomic E-state index is 0.193. The van der Waals surface area contributed by atoms with Crippen LogP contribution in [0.1, 0.15) is 0 Å². The second-order valence-electron chi connectivity index (χ2n) is 2.98. The van der Waals surface area contributed by atoms with Crippen LogP contribution in [0.3, 0.4) is 0 Å². The SMILES string of the molecule is NNC(=O)CN1C=c2cnsc2=CC1. The van der Waals surface area contributed by atoms with E-state index in [9.17, 15) is 4.79 Å². The zero-order valence-corrected chi connectivity index (χ0v) is 8.25. The average Bonchev–Trinajstić information content (AvgIpc) is 2.64. The van der Waals surface area contributed by atoms with E-state index in [1.807, 2.05) is 11.1 Å². The summed E-state index contributed by atoms with van der Waals surface area (Å²) in [4.78, 5) is 12.9. The Kier molecular flexibility index (Phi) is 2.47. The zero-order chi connectivity index (χ0) is 9.97. The van der Waals surface area contributed by atoms with Crippen molar-refractivity contribution in [2.45, 2.75) is 0 Å². The van der Waals surface area contributed by atoms with Gasteiger partial charge in [-0.25, -0.2) is 5.84 Å². The van der Waals surface area contributed by atoms with Crippen molar-refractivity contribution in [1.82, 2.24) is 14.7 Å². The van der Waals surface area contributed by atoms with Crippen LogP contribution < -0.4 is 21.0 Å². The van der Waals surface area contributed by atoms with Crippen molar-refractivity contribution < 1.29 is 4.79 Å². The van der Waals surface area contributed by atoms with E-state index in [0.29, 0.717) is 0 Å². The summed E-state index contributed by atoms with van der Waals surface area (Å²) in [6, 6.07) is 0. The molecule has 74 valence electrons. The minimum Gasteiger partial charge on any atom is -0.364 e. The van der Waals surface area contributed by atoms with E-state index in [0.717, 1.165) is 16.3 Å². The minimum atomic E-state index is -0.193. The molecule has 0 atom stereocenters. The lowest BCUT2D eigenvalue weighted by Gasteiger charge is -2.18. The monoisotopic (exact) mass is 210 g/mol. The molecule has 3 N–H and O–H groups in total. The third-order valence-electron chi connectivity index (χ3n) is 1.97. The number of nitrogens with two attached hydrogens (primary N) is 1. The van der Waals surface area contributed by atoms with Gasteiger partial charge in [0.2, 0.25) is 0 Å². The number of rotatable bonds is 2. The molecule has 6 heteroatoms. The number of hydrazine groups is 1. The van der Waals surface area contributed by atoms with Gasteiger partial charge < -0.3 is 4.90 Å². The van der Waals surface area contributed by atoms with E-state index in [1.165, 1.54) is 11.5 Å². The van der Waals surface area contributed by atoms with Gasteiger partial charge in [-0.15, -0.1) is 0 Å². The number of aromatic nitrogens is 1. The summed E-state index contributed by atoms with van der Waals surface area (Å²) in [6.07, 6.45) is 5.77. The third kappa shape index (κ3) is 1.75. The number of carbonyl (C=O) groups excluding carboxylic acids is 1. The molecule has 0 saturated heterocycles. The lowest BCUT2D eigenvalue weighted by molar-refractivity contribution is -0.121. The Labute approximate surface area is 84.7 Å². The highest BCUT2D eigenvalue weighted by Gasteiger charge is 2.07. The van der Waals surface area contributed by atoms with Gasteiger partial charge in [-0.2, -0.15) is 4.37 Å². The predicted molar refractivity (Wildman–Crippen MR) is 54.2 cm³/mol. The maximum Gasteiger partial charge on any atom is 0.253 e. The third-order valence-corrected chi connectivity index (χ3v) is 2.78. The van der Waals surface area contributed by atoms with Gasteiger partial charge in [0.15, 0.2) is 0 Å². The molecule has 0 radical (unpaired) electrons. The highest BCUT2D eigenvalue weighted by Crippen LogP contribution is 1.93. The first-order valence-corrected chi connectivity index (χ1v) is 4.93. The first-order valence-electron chi connectivity index (χ1n) is 4.16. The Balaban J connectivity index is 2.17. The van der Waals surface area contributed by atoms with Crippen LogP contribution in [0, 0.1) is 0 Å². The fraction of sp³-hybridized carbons (Fsp3) is 0.250. The molecule has 5 nitrogen and oxygen atoms in total. The number of carbonyl (C=O) groups is 1. The Morgan fingerprint density at radius 2 is 2.64 bits per heavy atom. The summed E-state index contributed by atoms with van der Waals surface area (Å²) in [5.41, 5.74) is 2.10. The van der Waals surface area contributed by atoms with Crippen molar-refractivity contribution in [1.29, 1.82) is 0 Å². The molecule has 1 aromatic heterocycles. The first-order chi connectivity index (χ1) is 6.79. The number of nitrogens with zero attached hydrogens (tertiary/aromatic N) is 2. The van der Waals surface area contributed by atoms with E-state index in [1.54, 1.807) is 6.20 Å². The fourth-order valence-corrected chi connectivity index (χ4v) is 1.94. The first kappa shape index (κ1) is 9.17. The predicted octanol–water partition coefficient (Wildman–Crippen LogP) is -2.03. The van der Waals surface area contributed by atoms with Gasteiger partial charge >= 0.3 is 0 Å². The maximum absolute atomic E-state index is 11.0. The Bertz CT molecular complexity index is 452. The van der Waals surface area contributed by atoms with Crippen LogP contribution in [0.4, 0.5) is 0 Å². The molecule has 1 amide bonds. The van der Waals surface area contributed by atoms with Crippen LogP contribution in [-0.2, 0) is 4.79 Å². The maximum atomic E-state index is 11.0. The summed E-state index contributed by atoms with van der Waals surface area (Å²) >= 11 is 1.46. The Morgan fingerprint density at radius 1 is 1.79 bits per heavy atom. The topological polar surface area (TPSA) is 71.2 Å². The van der Waals surface area contributed by atoms with E-state index in [2.05, 4.69) is 15.9 Å². The molecule has 1 aliphatic heterocycles. The van der Waals surface area contributed by atoms with Crippen LogP contribution in [0.5, 0.6) is 0 Å². The summed E-state index contributed by atoms with van der Waals surface area (Å²) in [5.74, 6) is 4.81. The molecule has 0 aromatic carbocycles. The highest BCUT2D eigenvalue weighted by atomic mass is 32.1. The molecule has 2 rings (SSSR count). The second-order valence-corrected chi connectivity index (χ2v) is 3.81. The van der Waals surface area contributed by atoms with Crippen LogP contribution in [0.2, 0.25) is 0 Å². The van der Waals surface area contributed by atoms with Crippen LogP contribution in [-0.4, -0.2) is 28.3 Å². The van der Waals surface area contributed by atoms with Gasteiger partial charge in [-0.05, 0) is 17.6 Å². The van der Waals surface area contributed by atoms with Gasteiger partial charge in [0.1, 0.15) is 0 Å². The standard InChI is InChI=1S/C8H10N4OS/c9-11-8(13)5-12-2-1-7-6(4-12)3-10-14-7/h1,3-4H,2,5,9H2,(H,11,13). The van der Waals surface area contributed by atoms with Crippen molar-refractivity contribution >= 4 is 29.7 Å². The number of amides is 1. The molecular weight excluding hydrogens is 200 g/mol. The molecule has 0 unspecified atom stereocenters. The summed E-state index contributed by atoms with van der Waals surface area (Å²) < 4.78 is 5.23. The van der Waals surface area contributed by atoms with Gasteiger partial charge in [0.25, 0.3) is 5.91 Å². The molecular formula is C8H10N4OS. The molecule has 2 heterocycles. The lowest BCUT2D eigenvalue weighted by Crippen LogP contribution is -2.41. The Hall–Kier alpha value is -1.40. The molecule has 0 saturated carbocycles. The molecule has 0 spiro atoms. The fourth-order valence-electron chi connectivity index (χ4n) is 1.30. The Morgan fingerprint density at radius 3 is 3.43 bits per heavy atom. The number of hydrogen-bond acceptors (Lipinski definition) is 5. The van der Waals surface area contributed by atoms with Gasteiger partial charge in [-0.3, -0.25) is 10.2 Å². The normalized spacial score (nSPS) is 13.9. The van der Waals surface area contributed by atoms with Gasteiger partial charge in [0, 0.05) is 24.2 Å². The van der Waals surface area contributed by atoms with E-state index < -0.39 is 0 Å². The van der Waals surface area contributed by atoms with Crippen LogP contribution >= 0.6 is 11.5 Å². The molecule has 1 aromatic rings. The summed E-state index contributed by atoms with van der Waals surface area (Å²) in [6.45, 7) is 1.00. The largest absolute Gasteiger partial charge is 0.364 e. The lowest BCUT2D eigenvalue weighted by atomic mass is 10.3. The molecule has 0 aliphatic carbocycles. The quantitative estimate of drug-likeness (QED) is 0.335. The van der Waals surface area contributed by atoms with Crippen molar-refractivity contribution in [2.75, 3.05) is 13.1 Å². The van der Waals surface area contributed by atoms with Gasteiger partial charge in [-0.1, -0.05) is 0 Å². The van der Waals surface area contributed by atoms with E-state index in [4.69, 9.17) is 5.84 Å². The van der Waals surface area contributed by atoms with Crippen molar-refractivity contribution in [3.63, 3.8) is 0 Å². The number of fused-ring (bicyclic) bond motifs is 1.